The number of rotatable bonds is 3. The van der Waals surface area contributed by atoms with Gasteiger partial charge in [0.1, 0.15) is 18.5 Å². The first kappa shape index (κ1) is 15.1. The zero-order chi connectivity index (χ0) is 16.5. The molecule has 2 heterocycles. The smallest absolute Gasteiger partial charge is 0.317 e. The maximum atomic E-state index is 13.0. The van der Waals surface area contributed by atoms with Crippen LogP contribution in [-0.4, -0.2) is 44.8 Å². The van der Waals surface area contributed by atoms with Gasteiger partial charge >= 0.3 is 6.03 Å². The standard InChI is InChI=1S/C17H20FN5O/c18-13-3-1-12(2-4-13)15-9-16(15)21-17(24)22-7-5-14(6-8-22)23-11-19-10-20-23/h1-4,10-11,14-16H,5-9H2,(H,21,24)/t15-,16-/m1/s1. The van der Waals surface area contributed by atoms with Crippen molar-refractivity contribution in [3.8, 4) is 0 Å². The van der Waals surface area contributed by atoms with Crippen molar-refractivity contribution in [3.63, 3.8) is 0 Å². The van der Waals surface area contributed by atoms with Crippen LogP contribution in [0.2, 0.25) is 0 Å². The molecule has 1 aliphatic heterocycles. The summed E-state index contributed by atoms with van der Waals surface area (Å²) in [5, 5.41) is 7.27. The predicted molar refractivity (Wildman–Crippen MR) is 85.9 cm³/mol. The van der Waals surface area contributed by atoms with Gasteiger partial charge in [-0.3, -0.25) is 0 Å². The van der Waals surface area contributed by atoms with Gasteiger partial charge in [-0.05, 0) is 37.0 Å². The normalized spacial score (nSPS) is 24.0. The quantitative estimate of drug-likeness (QED) is 0.940. The second kappa shape index (κ2) is 6.22. The summed E-state index contributed by atoms with van der Waals surface area (Å²) in [5.74, 6) is 0.0810. The van der Waals surface area contributed by atoms with Crippen LogP contribution in [0.5, 0.6) is 0 Å². The Kier molecular flexibility index (Phi) is 3.92. The number of amides is 2. The monoisotopic (exact) mass is 329 g/mol. The predicted octanol–water partition coefficient (Wildman–Crippen LogP) is 2.32. The van der Waals surface area contributed by atoms with Gasteiger partial charge in [0, 0.05) is 25.0 Å². The number of carbonyl (C=O) groups is 1. The fourth-order valence-electron chi connectivity index (χ4n) is 3.42. The molecule has 1 saturated carbocycles. The lowest BCUT2D eigenvalue weighted by Gasteiger charge is -2.32. The van der Waals surface area contributed by atoms with Crippen LogP contribution in [0.25, 0.3) is 0 Å². The third-order valence-corrected chi connectivity index (χ3v) is 4.96. The molecule has 0 bridgehead atoms. The SMILES string of the molecule is O=C(N[C@@H]1C[C@@H]1c1ccc(F)cc1)N1CCC(n2cncn2)CC1. The first-order chi connectivity index (χ1) is 11.7. The molecule has 126 valence electrons. The van der Waals surface area contributed by atoms with Gasteiger partial charge in [0.25, 0.3) is 0 Å². The molecule has 2 fully saturated rings. The van der Waals surface area contributed by atoms with Gasteiger partial charge in [-0.1, -0.05) is 12.1 Å². The van der Waals surface area contributed by atoms with Gasteiger partial charge in [-0.2, -0.15) is 5.10 Å². The molecule has 2 atom stereocenters. The van der Waals surface area contributed by atoms with Crippen molar-refractivity contribution in [2.45, 2.75) is 37.3 Å². The van der Waals surface area contributed by atoms with E-state index in [-0.39, 0.29) is 17.9 Å². The summed E-state index contributed by atoms with van der Waals surface area (Å²) < 4.78 is 14.8. The van der Waals surface area contributed by atoms with E-state index < -0.39 is 0 Å². The van der Waals surface area contributed by atoms with Crippen LogP contribution in [0.15, 0.2) is 36.9 Å². The van der Waals surface area contributed by atoms with Crippen LogP contribution in [0, 0.1) is 5.82 Å². The van der Waals surface area contributed by atoms with Crippen LogP contribution in [0.1, 0.15) is 36.8 Å². The van der Waals surface area contributed by atoms with Gasteiger partial charge < -0.3 is 10.2 Å². The molecular weight excluding hydrogens is 309 g/mol. The fourth-order valence-corrected chi connectivity index (χ4v) is 3.42. The second-order valence-corrected chi connectivity index (χ2v) is 6.54. The second-order valence-electron chi connectivity index (χ2n) is 6.54. The van der Waals surface area contributed by atoms with Gasteiger partial charge in [-0.25, -0.2) is 18.9 Å². The van der Waals surface area contributed by atoms with Gasteiger partial charge in [0.2, 0.25) is 0 Å². The maximum Gasteiger partial charge on any atom is 0.317 e. The highest BCUT2D eigenvalue weighted by molar-refractivity contribution is 5.75. The van der Waals surface area contributed by atoms with E-state index in [4.69, 9.17) is 0 Å². The average molecular weight is 329 g/mol. The molecule has 0 unspecified atom stereocenters. The molecule has 1 aromatic heterocycles. The fraction of sp³-hybridized carbons (Fsp3) is 0.471. The third kappa shape index (κ3) is 3.11. The Labute approximate surface area is 139 Å². The van der Waals surface area contributed by atoms with Gasteiger partial charge in [0.05, 0.1) is 6.04 Å². The Hall–Kier alpha value is -2.44. The summed E-state index contributed by atoms with van der Waals surface area (Å²) in [6.07, 6.45) is 5.98. The molecule has 0 spiro atoms. The number of halogens is 1. The highest BCUT2D eigenvalue weighted by atomic mass is 19.1. The van der Waals surface area contributed by atoms with E-state index in [1.54, 1.807) is 24.8 Å². The van der Waals surface area contributed by atoms with Crippen molar-refractivity contribution in [1.82, 2.24) is 25.0 Å². The molecule has 4 rings (SSSR count). The number of aromatic nitrogens is 3. The minimum atomic E-state index is -0.227. The van der Waals surface area contributed by atoms with Crippen LogP contribution in [-0.2, 0) is 0 Å². The molecule has 7 heteroatoms. The Morgan fingerprint density at radius 1 is 1.21 bits per heavy atom. The van der Waals surface area contributed by atoms with Crippen molar-refractivity contribution in [3.05, 3.63) is 48.3 Å². The van der Waals surface area contributed by atoms with Crippen molar-refractivity contribution < 1.29 is 9.18 Å². The summed E-state index contributed by atoms with van der Waals surface area (Å²) in [7, 11) is 0. The van der Waals surface area contributed by atoms with Gasteiger partial charge in [-0.15, -0.1) is 0 Å². The van der Waals surface area contributed by atoms with E-state index in [0.29, 0.717) is 12.0 Å². The summed E-state index contributed by atoms with van der Waals surface area (Å²) in [5.41, 5.74) is 1.09. The number of likely N-dealkylation sites (tertiary alicyclic amines) is 1. The molecule has 2 aromatic rings. The number of carbonyl (C=O) groups excluding carboxylic acids is 1. The zero-order valence-electron chi connectivity index (χ0n) is 13.3. The Bertz CT molecular complexity index is 694. The molecule has 1 aromatic carbocycles. The van der Waals surface area contributed by atoms with Gasteiger partial charge in [0.15, 0.2) is 0 Å². The molecular formula is C17H20FN5O. The number of nitrogens with one attached hydrogen (secondary N) is 1. The van der Waals surface area contributed by atoms with E-state index in [1.165, 1.54) is 12.1 Å². The Morgan fingerprint density at radius 2 is 1.96 bits per heavy atom. The third-order valence-electron chi connectivity index (χ3n) is 4.96. The molecule has 24 heavy (non-hydrogen) atoms. The first-order valence-electron chi connectivity index (χ1n) is 8.36. The van der Waals surface area contributed by atoms with E-state index in [9.17, 15) is 9.18 Å². The molecule has 1 N–H and O–H groups in total. The topological polar surface area (TPSA) is 63.1 Å². The van der Waals surface area contributed by atoms with Crippen molar-refractivity contribution >= 4 is 6.03 Å². The van der Waals surface area contributed by atoms with E-state index in [2.05, 4.69) is 15.4 Å². The van der Waals surface area contributed by atoms with Crippen molar-refractivity contribution in [1.29, 1.82) is 0 Å². The maximum absolute atomic E-state index is 13.0. The minimum Gasteiger partial charge on any atom is -0.335 e. The molecule has 1 aliphatic carbocycles. The largest absolute Gasteiger partial charge is 0.335 e. The summed E-state index contributed by atoms with van der Waals surface area (Å²) >= 11 is 0. The molecule has 1 saturated heterocycles. The highest BCUT2D eigenvalue weighted by Crippen LogP contribution is 2.40. The molecule has 6 nitrogen and oxygen atoms in total. The van der Waals surface area contributed by atoms with E-state index >= 15 is 0 Å². The van der Waals surface area contributed by atoms with Crippen LogP contribution in [0.3, 0.4) is 0 Å². The Morgan fingerprint density at radius 3 is 2.62 bits per heavy atom. The zero-order valence-corrected chi connectivity index (χ0v) is 13.3. The summed E-state index contributed by atoms with van der Waals surface area (Å²) in [6.45, 7) is 1.45. The lowest BCUT2D eigenvalue weighted by molar-refractivity contribution is 0.168. The summed E-state index contributed by atoms with van der Waals surface area (Å²) in [4.78, 5) is 18.2. The lowest BCUT2D eigenvalue weighted by Crippen LogP contribution is -2.45. The number of urea groups is 1. The van der Waals surface area contributed by atoms with Crippen LogP contribution >= 0.6 is 0 Å². The van der Waals surface area contributed by atoms with E-state index in [0.717, 1.165) is 37.9 Å². The number of benzene rings is 1. The first-order valence-corrected chi connectivity index (χ1v) is 8.36. The van der Waals surface area contributed by atoms with Crippen LogP contribution < -0.4 is 5.32 Å². The number of nitrogens with zero attached hydrogens (tertiary/aromatic N) is 4. The highest BCUT2D eigenvalue weighted by Gasteiger charge is 2.40. The summed E-state index contributed by atoms with van der Waals surface area (Å²) in [6, 6.07) is 7.04. The Balaban J connectivity index is 1.27. The molecule has 2 aliphatic rings. The number of hydrogen-bond acceptors (Lipinski definition) is 3. The van der Waals surface area contributed by atoms with Crippen molar-refractivity contribution in [2.75, 3.05) is 13.1 Å². The van der Waals surface area contributed by atoms with E-state index in [1.807, 2.05) is 9.58 Å². The average Bonchev–Trinajstić information content (AvgIpc) is 3.15. The van der Waals surface area contributed by atoms with Crippen molar-refractivity contribution in [2.24, 2.45) is 0 Å². The number of hydrogen-bond donors (Lipinski definition) is 1. The van der Waals surface area contributed by atoms with Crippen LogP contribution in [0.4, 0.5) is 9.18 Å². The minimum absolute atomic E-state index is 0.00153. The lowest BCUT2D eigenvalue weighted by atomic mass is 10.1. The molecule has 2 amide bonds. The molecule has 0 radical (unpaired) electrons. The number of piperidine rings is 1.